The molecule has 1 N–H and O–H groups in total. The molecule has 37 heavy (non-hydrogen) atoms. The quantitative estimate of drug-likeness (QED) is 0.449. The average molecular weight is 550 g/mol. The lowest BCUT2D eigenvalue weighted by molar-refractivity contribution is -0.139. The molecule has 2 amide bonds. The summed E-state index contributed by atoms with van der Waals surface area (Å²) in [6.45, 7) is 3.35. The summed E-state index contributed by atoms with van der Waals surface area (Å²) in [5, 5.41) is 3.54. The van der Waals surface area contributed by atoms with Gasteiger partial charge in [0.2, 0.25) is 21.8 Å². The molecule has 1 unspecified atom stereocenters. The number of ether oxygens (including phenoxy) is 1. The lowest BCUT2D eigenvalue weighted by atomic mass is 9.95. The summed E-state index contributed by atoms with van der Waals surface area (Å²) in [7, 11) is -3.86. The SMILES string of the molecule is CCOc1ccccc1N(CC(=O)N(Cc1ccccc1Cl)C(C)C(=O)NC1CCCCC1)S(C)(=O)=O. The summed E-state index contributed by atoms with van der Waals surface area (Å²) >= 11 is 6.38. The fourth-order valence-electron chi connectivity index (χ4n) is 4.50. The Bertz CT molecular complexity index is 1180. The van der Waals surface area contributed by atoms with Crippen molar-refractivity contribution >= 4 is 39.1 Å². The molecule has 1 atom stereocenters. The molecule has 3 rings (SSSR count). The zero-order valence-electron chi connectivity index (χ0n) is 21.7. The van der Waals surface area contributed by atoms with Crippen LogP contribution in [0.5, 0.6) is 5.75 Å². The highest BCUT2D eigenvalue weighted by molar-refractivity contribution is 7.92. The molecule has 2 aromatic carbocycles. The molecule has 1 aliphatic carbocycles. The van der Waals surface area contributed by atoms with Gasteiger partial charge in [0, 0.05) is 17.6 Å². The van der Waals surface area contributed by atoms with Gasteiger partial charge >= 0.3 is 0 Å². The number of carbonyl (C=O) groups excluding carboxylic acids is 2. The van der Waals surface area contributed by atoms with Gasteiger partial charge in [-0.1, -0.05) is 61.2 Å². The van der Waals surface area contributed by atoms with Gasteiger partial charge in [0.15, 0.2) is 0 Å². The molecule has 1 aliphatic rings. The number of hydrogen-bond donors (Lipinski definition) is 1. The van der Waals surface area contributed by atoms with Crippen LogP contribution in [0.15, 0.2) is 48.5 Å². The Hall–Kier alpha value is -2.78. The zero-order valence-corrected chi connectivity index (χ0v) is 23.2. The molecular weight excluding hydrogens is 514 g/mol. The van der Waals surface area contributed by atoms with Gasteiger partial charge in [-0.05, 0) is 50.5 Å². The van der Waals surface area contributed by atoms with Gasteiger partial charge < -0.3 is 15.0 Å². The van der Waals surface area contributed by atoms with Gasteiger partial charge in [0.05, 0.1) is 18.6 Å². The predicted octanol–water partition coefficient (Wildman–Crippen LogP) is 4.37. The topological polar surface area (TPSA) is 96.0 Å². The number of sulfonamides is 1. The lowest BCUT2D eigenvalue weighted by Crippen LogP contribution is -2.53. The summed E-state index contributed by atoms with van der Waals surface area (Å²) in [6.07, 6.45) is 6.14. The monoisotopic (exact) mass is 549 g/mol. The Labute approximate surface area is 225 Å². The molecule has 0 aliphatic heterocycles. The summed E-state index contributed by atoms with van der Waals surface area (Å²) in [5.41, 5.74) is 0.924. The molecule has 10 heteroatoms. The normalized spacial score (nSPS) is 15.0. The number of hydrogen-bond acceptors (Lipinski definition) is 5. The van der Waals surface area contributed by atoms with E-state index in [1.54, 1.807) is 62.4 Å². The molecule has 0 radical (unpaired) electrons. The van der Waals surface area contributed by atoms with Crippen molar-refractivity contribution in [3.05, 3.63) is 59.1 Å². The summed E-state index contributed by atoms with van der Waals surface area (Å²) < 4.78 is 32.3. The maximum atomic E-state index is 13.8. The van der Waals surface area contributed by atoms with E-state index in [0.29, 0.717) is 22.9 Å². The van der Waals surface area contributed by atoms with Crippen molar-refractivity contribution in [2.24, 2.45) is 0 Å². The van der Waals surface area contributed by atoms with Crippen LogP contribution in [0.1, 0.15) is 51.5 Å². The van der Waals surface area contributed by atoms with Crippen LogP contribution < -0.4 is 14.4 Å². The molecule has 0 bridgehead atoms. The molecule has 0 heterocycles. The Kier molecular flexibility index (Phi) is 10.2. The zero-order chi connectivity index (χ0) is 27.0. The van der Waals surface area contributed by atoms with Crippen molar-refractivity contribution in [1.82, 2.24) is 10.2 Å². The Morgan fingerprint density at radius 2 is 1.73 bits per heavy atom. The second-order valence-electron chi connectivity index (χ2n) is 9.30. The molecule has 1 saturated carbocycles. The highest BCUT2D eigenvalue weighted by atomic mass is 35.5. The van der Waals surface area contributed by atoms with Gasteiger partial charge in [-0.25, -0.2) is 8.42 Å². The number of halogens is 1. The number of carbonyl (C=O) groups is 2. The minimum absolute atomic E-state index is 0.0580. The van der Waals surface area contributed by atoms with Crippen LogP contribution in [0.25, 0.3) is 0 Å². The first-order valence-corrected chi connectivity index (χ1v) is 14.9. The maximum absolute atomic E-state index is 13.8. The van der Waals surface area contributed by atoms with E-state index < -0.39 is 28.5 Å². The van der Waals surface area contributed by atoms with Gasteiger partial charge in [-0.3, -0.25) is 13.9 Å². The molecule has 0 aromatic heterocycles. The number of nitrogens with one attached hydrogen (secondary N) is 1. The molecule has 1 fully saturated rings. The number of rotatable bonds is 11. The Morgan fingerprint density at radius 3 is 2.38 bits per heavy atom. The van der Waals surface area contributed by atoms with Gasteiger partial charge in [0.25, 0.3) is 0 Å². The van der Waals surface area contributed by atoms with Crippen molar-refractivity contribution in [3.63, 3.8) is 0 Å². The Balaban J connectivity index is 1.91. The molecule has 0 spiro atoms. The molecule has 0 saturated heterocycles. The molecule has 2 aromatic rings. The summed E-state index contributed by atoms with van der Waals surface area (Å²) in [5.74, 6) is -0.445. The van der Waals surface area contributed by atoms with Crippen molar-refractivity contribution < 1.29 is 22.7 Å². The van der Waals surface area contributed by atoms with E-state index in [-0.39, 0.29) is 24.2 Å². The van der Waals surface area contributed by atoms with Crippen LogP contribution in [-0.4, -0.2) is 56.6 Å². The van der Waals surface area contributed by atoms with Gasteiger partial charge in [0.1, 0.15) is 18.3 Å². The van der Waals surface area contributed by atoms with Crippen molar-refractivity contribution in [1.29, 1.82) is 0 Å². The third kappa shape index (κ3) is 7.85. The van der Waals surface area contributed by atoms with Crippen molar-refractivity contribution in [2.45, 2.75) is 64.6 Å². The van der Waals surface area contributed by atoms with E-state index in [1.165, 1.54) is 4.90 Å². The highest BCUT2D eigenvalue weighted by Gasteiger charge is 2.32. The van der Waals surface area contributed by atoms with Crippen LogP contribution in [0.2, 0.25) is 5.02 Å². The number of para-hydroxylation sites is 2. The van der Waals surface area contributed by atoms with Crippen LogP contribution in [0, 0.1) is 0 Å². The van der Waals surface area contributed by atoms with E-state index in [2.05, 4.69) is 5.32 Å². The summed E-state index contributed by atoms with van der Waals surface area (Å²) in [6, 6.07) is 13.0. The maximum Gasteiger partial charge on any atom is 0.244 e. The first kappa shape index (κ1) is 28.8. The second-order valence-corrected chi connectivity index (χ2v) is 11.6. The highest BCUT2D eigenvalue weighted by Crippen LogP contribution is 2.30. The third-order valence-electron chi connectivity index (χ3n) is 6.53. The largest absolute Gasteiger partial charge is 0.492 e. The smallest absolute Gasteiger partial charge is 0.244 e. The van der Waals surface area contributed by atoms with Crippen molar-refractivity contribution in [3.8, 4) is 5.75 Å². The van der Waals surface area contributed by atoms with E-state index in [9.17, 15) is 18.0 Å². The predicted molar refractivity (Wildman–Crippen MR) is 146 cm³/mol. The fraction of sp³-hybridized carbons (Fsp3) is 0.481. The fourth-order valence-corrected chi connectivity index (χ4v) is 5.55. The first-order valence-electron chi connectivity index (χ1n) is 12.6. The third-order valence-corrected chi connectivity index (χ3v) is 8.03. The van der Waals surface area contributed by atoms with E-state index in [0.717, 1.165) is 42.7 Å². The Morgan fingerprint density at radius 1 is 1.08 bits per heavy atom. The lowest BCUT2D eigenvalue weighted by Gasteiger charge is -2.33. The number of nitrogens with zero attached hydrogens (tertiary/aromatic N) is 2. The van der Waals surface area contributed by atoms with E-state index >= 15 is 0 Å². The average Bonchev–Trinajstić information content (AvgIpc) is 2.87. The number of anilines is 1. The van der Waals surface area contributed by atoms with E-state index in [1.807, 2.05) is 0 Å². The van der Waals surface area contributed by atoms with Gasteiger partial charge in [-0.15, -0.1) is 0 Å². The van der Waals surface area contributed by atoms with Crippen LogP contribution in [-0.2, 0) is 26.2 Å². The summed E-state index contributed by atoms with van der Waals surface area (Å²) in [4.78, 5) is 28.4. The van der Waals surface area contributed by atoms with Crippen LogP contribution in [0.4, 0.5) is 5.69 Å². The second kappa shape index (κ2) is 13.1. The van der Waals surface area contributed by atoms with Crippen LogP contribution >= 0.6 is 11.6 Å². The van der Waals surface area contributed by atoms with Crippen molar-refractivity contribution in [2.75, 3.05) is 23.7 Å². The molecule has 202 valence electrons. The molecule has 8 nitrogen and oxygen atoms in total. The number of amides is 2. The first-order chi connectivity index (χ1) is 17.6. The van der Waals surface area contributed by atoms with Gasteiger partial charge in [-0.2, -0.15) is 0 Å². The molecular formula is C27H36ClN3O5S. The minimum Gasteiger partial charge on any atom is -0.492 e. The van der Waals surface area contributed by atoms with Crippen LogP contribution in [0.3, 0.4) is 0 Å². The standard InChI is InChI=1S/C27H36ClN3O5S/c1-4-36-25-17-11-10-16-24(25)31(37(3,34)35)19-26(32)30(18-21-12-8-9-15-23(21)28)20(2)27(33)29-22-13-6-5-7-14-22/h8-12,15-17,20,22H,4-7,13-14,18-19H2,1-3H3,(H,29,33). The minimum atomic E-state index is -3.86. The number of benzene rings is 2. The van der Waals surface area contributed by atoms with E-state index in [4.69, 9.17) is 16.3 Å².